The average molecular weight is 297 g/mol. The molecule has 1 aromatic rings. The van der Waals surface area contributed by atoms with Crippen LogP contribution in [-0.4, -0.2) is 18.4 Å². The minimum absolute atomic E-state index is 0.0210. The van der Waals surface area contributed by atoms with E-state index in [2.05, 4.69) is 26.6 Å². The number of amides is 2. The fourth-order valence-corrected chi connectivity index (χ4v) is 1.80. The average Bonchev–Trinajstić information content (AvgIpc) is 3.13. The van der Waals surface area contributed by atoms with Gasteiger partial charge < -0.3 is 10.6 Å². The molecule has 1 fully saturated rings. The molecule has 1 saturated carbocycles. The van der Waals surface area contributed by atoms with E-state index in [4.69, 9.17) is 0 Å². The first-order valence-corrected chi connectivity index (χ1v) is 6.28. The predicted molar refractivity (Wildman–Crippen MR) is 68.5 cm³/mol. The summed E-state index contributed by atoms with van der Waals surface area (Å²) in [4.78, 5) is 22.9. The SMILES string of the molecule is O=C(CNC(=O)C1CC1)Nc1ccccc1Br. The van der Waals surface area contributed by atoms with E-state index in [0.717, 1.165) is 17.3 Å². The summed E-state index contributed by atoms with van der Waals surface area (Å²) in [5, 5.41) is 5.34. The molecule has 2 rings (SSSR count). The summed E-state index contributed by atoms with van der Waals surface area (Å²) < 4.78 is 0.821. The van der Waals surface area contributed by atoms with Crippen LogP contribution in [0.3, 0.4) is 0 Å². The van der Waals surface area contributed by atoms with E-state index in [1.807, 2.05) is 18.2 Å². The van der Waals surface area contributed by atoms with Crippen LogP contribution in [0.5, 0.6) is 0 Å². The number of hydrogen-bond acceptors (Lipinski definition) is 2. The van der Waals surface area contributed by atoms with Gasteiger partial charge in [-0.15, -0.1) is 0 Å². The van der Waals surface area contributed by atoms with Gasteiger partial charge in [0.25, 0.3) is 0 Å². The third kappa shape index (κ3) is 3.56. The molecule has 0 spiro atoms. The second-order valence-corrected chi connectivity index (χ2v) is 4.87. The van der Waals surface area contributed by atoms with Crippen LogP contribution in [0.25, 0.3) is 0 Å². The van der Waals surface area contributed by atoms with Gasteiger partial charge >= 0.3 is 0 Å². The lowest BCUT2D eigenvalue weighted by Gasteiger charge is -2.07. The number of benzene rings is 1. The molecule has 2 amide bonds. The van der Waals surface area contributed by atoms with Gasteiger partial charge in [-0.05, 0) is 40.9 Å². The lowest BCUT2D eigenvalue weighted by molar-refractivity contribution is -0.125. The molecular formula is C12H13BrN2O2. The van der Waals surface area contributed by atoms with Gasteiger partial charge in [-0.3, -0.25) is 9.59 Å². The molecule has 0 unspecified atom stereocenters. The van der Waals surface area contributed by atoms with E-state index < -0.39 is 0 Å². The largest absolute Gasteiger partial charge is 0.347 e. The van der Waals surface area contributed by atoms with Gasteiger partial charge in [0.05, 0.1) is 12.2 Å². The monoisotopic (exact) mass is 296 g/mol. The predicted octanol–water partition coefficient (Wildman–Crippen LogP) is 1.91. The zero-order valence-electron chi connectivity index (χ0n) is 9.20. The molecule has 17 heavy (non-hydrogen) atoms. The van der Waals surface area contributed by atoms with Crippen LogP contribution in [0.4, 0.5) is 5.69 Å². The maximum absolute atomic E-state index is 11.6. The summed E-state index contributed by atoms with van der Waals surface area (Å²) in [6.07, 6.45) is 1.88. The van der Waals surface area contributed by atoms with E-state index in [9.17, 15) is 9.59 Å². The van der Waals surface area contributed by atoms with Crippen LogP contribution in [-0.2, 0) is 9.59 Å². The van der Waals surface area contributed by atoms with Crippen molar-refractivity contribution in [1.29, 1.82) is 0 Å². The Morgan fingerprint density at radius 1 is 1.29 bits per heavy atom. The number of halogens is 1. The Labute approximate surface area is 108 Å². The summed E-state index contributed by atoms with van der Waals surface area (Å²) >= 11 is 3.34. The first kappa shape index (κ1) is 12.1. The van der Waals surface area contributed by atoms with Gasteiger partial charge in [-0.25, -0.2) is 0 Å². The zero-order valence-corrected chi connectivity index (χ0v) is 10.8. The maximum Gasteiger partial charge on any atom is 0.243 e. The fourth-order valence-electron chi connectivity index (χ4n) is 1.41. The van der Waals surface area contributed by atoms with E-state index in [1.165, 1.54) is 0 Å². The number of carbonyl (C=O) groups excluding carboxylic acids is 2. The van der Waals surface area contributed by atoms with Crippen molar-refractivity contribution in [3.8, 4) is 0 Å². The molecule has 0 bridgehead atoms. The van der Waals surface area contributed by atoms with Crippen LogP contribution in [0.15, 0.2) is 28.7 Å². The van der Waals surface area contributed by atoms with Crippen molar-refractivity contribution in [2.75, 3.05) is 11.9 Å². The van der Waals surface area contributed by atoms with Crippen LogP contribution >= 0.6 is 15.9 Å². The minimum Gasteiger partial charge on any atom is -0.347 e. The van der Waals surface area contributed by atoms with Gasteiger partial charge in [-0.2, -0.15) is 0 Å². The summed E-state index contributed by atoms with van der Waals surface area (Å²) in [6, 6.07) is 7.35. The highest BCUT2D eigenvalue weighted by Crippen LogP contribution is 2.28. The number of para-hydroxylation sites is 1. The molecule has 1 aromatic carbocycles. The van der Waals surface area contributed by atoms with Gasteiger partial charge in [0.1, 0.15) is 0 Å². The Hall–Kier alpha value is -1.36. The molecule has 1 aliphatic carbocycles. The smallest absolute Gasteiger partial charge is 0.243 e. The Bertz CT molecular complexity index is 444. The number of hydrogen-bond donors (Lipinski definition) is 2. The molecule has 0 atom stereocenters. The first-order chi connectivity index (χ1) is 8.16. The topological polar surface area (TPSA) is 58.2 Å². The third-order valence-corrected chi connectivity index (χ3v) is 3.21. The molecule has 2 N–H and O–H groups in total. The normalized spacial score (nSPS) is 14.2. The standard InChI is InChI=1S/C12H13BrN2O2/c13-9-3-1-2-4-10(9)15-11(16)7-14-12(17)8-5-6-8/h1-4,8H,5-7H2,(H,14,17)(H,15,16). The fraction of sp³-hybridized carbons (Fsp3) is 0.333. The minimum atomic E-state index is -0.217. The lowest BCUT2D eigenvalue weighted by atomic mass is 10.3. The summed E-state index contributed by atoms with van der Waals surface area (Å²) in [5.74, 6) is -0.107. The maximum atomic E-state index is 11.6. The first-order valence-electron chi connectivity index (χ1n) is 5.49. The molecule has 1 aliphatic rings. The molecule has 90 valence electrons. The number of anilines is 1. The Morgan fingerprint density at radius 2 is 2.00 bits per heavy atom. The summed E-state index contributed by atoms with van der Waals surface area (Å²) in [6.45, 7) is 0.0245. The molecule has 0 heterocycles. The van der Waals surface area contributed by atoms with Crippen LogP contribution in [0, 0.1) is 5.92 Å². The van der Waals surface area contributed by atoms with Crippen molar-refractivity contribution < 1.29 is 9.59 Å². The van der Waals surface area contributed by atoms with Crippen molar-refractivity contribution in [2.45, 2.75) is 12.8 Å². The Morgan fingerprint density at radius 3 is 2.65 bits per heavy atom. The molecule has 0 aliphatic heterocycles. The summed E-state index contributed by atoms with van der Waals surface area (Å²) in [7, 11) is 0. The van der Waals surface area contributed by atoms with Crippen molar-refractivity contribution in [1.82, 2.24) is 5.32 Å². The van der Waals surface area contributed by atoms with Crippen molar-refractivity contribution in [3.63, 3.8) is 0 Å². The molecule has 0 aromatic heterocycles. The number of nitrogens with one attached hydrogen (secondary N) is 2. The van der Waals surface area contributed by atoms with Crippen LogP contribution in [0.2, 0.25) is 0 Å². The second kappa shape index (κ2) is 5.31. The van der Waals surface area contributed by atoms with Crippen molar-refractivity contribution >= 4 is 33.4 Å². The molecule has 5 heteroatoms. The van der Waals surface area contributed by atoms with E-state index in [0.29, 0.717) is 5.69 Å². The number of carbonyl (C=O) groups is 2. The summed E-state index contributed by atoms with van der Waals surface area (Å²) in [5.41, 5.74) is 0.707. The molecular weight excluding hydrogens is 284 g/mol. The zero-order chi connectivity index (χ0) is 12.3. The molecule has 4 nitrogen and oxygen atoms in total. The van der Waals surface area contributed by atoms with E-state index in [-0.39, 0.29) is 24.3 Å². The van der Waals surface area contributed by atoms with Crippen LogP contribution in [0.1, 0.15) is 12.8 Å². The third-order valence-electron chi connectivity index (χ3n) is 2.52. The molecule has 0 radical (unpaired) electrons. The lowest BCUT2D eigenvalue weighted by Crippen LogP contribution is -2.33. The van der Waals surface area contributed by atoms with Crippen molar-refractivity contribution in [2.24, 2.45) is 5.92 Å². The van der Waals surface area contributed by atoms with E-state index >= 15 is 0 Å². The number of rotatable bonds is 4. The molecule has 0 saturated heterocycles. The van der Waals surface area contributed by atoms with Crippen molar-refractivity contribution in [3.05, 3.63) is 28.7 Å². The Balaban J connectivity index is 1.80. The van der Waals surface area contributed by atoms with Gasteiger partial charge in [0, 0.05) is 10.4 Å². The highest BCUT2D eigenvalue weighted by molar-refractivity contribution is 9.10. The quantitative estimate of drug-likeness (QED) is 0.892. The van der Waals surface area contributed by atoms with Gasteiger partial charge in [0.15, 0.2) is 0 Å². The highest BCUT2D eigenvalue weighted by Gasteiger charge is 2.29. The van der Waals surface area contributed by atoms with Gasteiger partial charge in [-0.1, -0.05) is 12.1 Å². The van der Waals surface area contributed by atoms with Gasteiger partial charge in [0.2, 0.25) is 11.8 Å². The highest BCUT2D eigenvalue weighted by atomic mass is 79.9. The Kier molecular flexibility index (Phi) is 3.78. The van der Waals surface area contributed by atoms with E-state index in [1.54, 1.807) is 6.07 Å². The van der Waals surface area contributed by atoms with Crippen LogP contribution < -0.4 is 10.6 Å². The second-order valence-electron chi connectivity index (χ2n) is 4.02.